The van der Waals surface area contributed by atoms with Crippen LogP contribution in [0.25, 0.3) is 10.9 Å². The van der Waals surface area contributed by atoms with Gasteiger partial charge in [0.25, 0.3) is 0 Å². The average Bonchev–Trinajstić information content (AvgIpc) is 2.84. The van der Waals surface area contributed by atoms with Crippen LogP contribution in [0.2, 0.25) is 0 Å². The largest absolute Gasteiger partial charge is 0.378 e. The van der Waals surface area contributed by atoms with Crippen LogP contribution in [0.5, 0.6) is 0 Å². The van der Waals surface area contributed by atoms with Gasteiger partial charge >= 0.3 is 0 Å². The van der Waals surface area contributed by atoms with Crippen molar-refractivity contribution in [1.29, 1.82) is 0 Å². The van der Waals surface area contributed by atoms with Crippen molar-refractivity contribution >= 4 is 10.9 Å². The first-order chi connectivity index (χ1) is 8.75. The number of aromatic nitrogens is 1. The second kappa shape index (κ2) is 4.67. The third-order valence-electron chi connectivity index (χ3n) is 3.76. The van der Waals surface area contributed by atoms with Crippen LogP contribution in [0.1, 0.15) is 24.9 Å². The predicted molar refractivity (Wildman–Crippen MR) is 72.2 cm³/mol. The molecule has 2 N–H and O–H groups in total. The topological polar surface area (TPSA) is 48.1 Å². The maximum absolute atomic E-state index is 6.41. The van der Waals surface area contributed by atoms with Gasteiger partial charge in [0.1, 0.15) is 0 Å². The Kier molecular flexibility index (Phi) is 3.02. The van der Waals surface area contributed by atoms with Crippen molar-refractivity contribution in [3.05, 3.63) is 42.1 Å². The second-order valence-electron chi connectivity index (χ2n) is 5.09. The molecule has 3 rings (SSSR count). The van der Waals surface area contributed by atoms with Crippen LogP contribution >= 0.6 is 0 Å². The average molecular weight is 242 g/mol. The summed E-state index contributed by atoms with van der Waals surface area (Å²) in [7, 11) is 0. The molecule has 1 aromatic carbocycles. The van der Waals surface area contributed by atoms with Crippen molar-refractivity contribution in [2.45, 2.75) is 25.5 Å². The lowest BCUT2D eigenvalue weighted by molar-refractivity contribution is 0.118. The summed E-state index contributed by atoms with van der Waals surface area (Å²) in [6.07, 6.45) is 3.18. The van der Waals surface area contributed by atoms with Gasteiger partial charge in [-0.2, -0.15) is 0 Å². The highest BCUT2D eigenvalue weighted by Crippen LogP contribution is 2.32. The SMILES string of the molecule is CC1CC(C(N)c2cccc3cccnc23)CO1. The first-order valence-electron chi connectivity index (χ1n) is 6.46. The molecule has 0 saturated carbocycles. The van der Waals surface area contributed by atoms with Gasteiger partial charge < -0.3 is 10.5 Å². The van der Waals surface area contributed by atoms with Gasteiger partial charge in [-0.05, 0) is 25.0 Å². The van der Waals surface area contributed by atoms with E-state index in [0.29, 0.717) is 12.0 Å². The molecule has 18 heavy (non-hydrogen) atoms. The van der Waals surface area contributed by atoms with Crippen molar-refractivity contribution in [2.24, 2.45) is 11.7 Å². The van der Waals surface area contributed by atoms with E-state index in [1.807, 2.05) is 12.3 Å². The van der Waals surface area contributed by atoms with Gasteiger partial charge in [-0.15, -0.1) is 0 Å². The van der Waals surface area contributed by atoms with E-state index in [1.165, 1.54) is 0 Å². The highest BCUT2D eigenvalue weighted by Gasteiger charge is 2.29. The monoisotopic (exact) mass is 242 g/mol. The lowest BCUT2D eigenvalue weighted by atomic mass is 9.90. The molecular weight excluding hydrogens is 224 g/mol. The standard InChI is InChI=1S/C15H18N2O/c1-10-8-12(9-18-10)14(16)13-6-2-4-11-5-3-7-17-15(11)13/h2-7,10,12,14H,8-9,16H2,1H3. The molecule has 1 aliphatic rings. The molecule has 3 atom stereocenters. The van der Waals surface area contributed by atoms with Crippen LogP contribution in [-0.2, 0) is 4.74 Å². The second-order valence-corrected chi connectivity index (χ2v) is 5.09. The number of para-hydroxylation sites is 1. The first-order valence-corrected chi connectivity index (χ1v) is 6.46. The van der Waals surface area contributed by atoms with Crippen molar-refractivity contribution < 1.29 is 4.74 Å². The van der Waals surface area contributed by atoms with Crippen molar-refractivity contribution in [2.75, 3.05) is 6.61 Å². The van der Waals surface area contributed by atoms with E-state index in [-0.39, 0.29) is 6.04 Å². The number of rotatable bonds is 2. The number of hydrogen-bond donors (Lipinski definition) is 1. The minimum Gasteiger partial charge on any atom is -0.378 e. The molecule has 1 aliphatic heterocycles. The Bertz CT molecular complexity index is 550. The minimum absolute atomic E-state index is 0.00792. The van der Waals surface area contributed by atoms with Gasteiger partial charge in [0.2, 0.25) is 0 Å². The van der Waals surface area contributed by atoms with Crippen LogP contribution in [0, 0.1) is 5.92 Å². The number of fused-ring (bicyclic) bond motifs is 1. The molecule has 1 saturated heterocycles. The van der Waals surface area contributed by atoms with E-state index < -0.39 is 0 Å². The number of hydrogen-bond acceptors (Lipinski definition) is 3. The number of nitrogens with two attached hydrogens (primary N) is 1. The van der Waals surface area contributed by atoms with Gasteiger partial charge in [0, 0.05) is 23.5 Å². The molecule has 1 fully saturated rings. The number of ether oxygens (including phenoxy) is 1. The number of pyridine rings is 1. The molecule has 0 spiro atoms. The van der Waals surface area contributed by atoms with Gasteiger partial charge in [-0.3, -0.25) is 4.98 Å². The zero-order valence-corrected chi connectivity index (χ0v) is 10.5. The fourth-order valence-corrected chi connectivity index (χ4v) is 2.75. The van der Waals surface area contributed by atoms with E-state index >= 15 is 0 Å². The summed E-state index contributed by atoms with van der Waals surface area (Å²) < 4.78 is 5.62. The zero-order chi connectivity index (χ0) is 12.5. The molecule has 3 heteroatoms. The minimum atomic E-state index is 0.00792. The number of nitrogens with zero attached hydrogens (tertiary/aromatic N) is 1. The normalized spacial score (nSPS) is 25.4. The van der Waals surface area contributed by atoms with E-state index in [1.54, 1.807) is 0 Å². The molecule has 0 amide bonds. The van der Waals surface area contributed by atoms with Crippen molar-refractivity contribution in [1.82, 2.24) is 4.98 Å². The lowest BCUT2D eigenvalue weighted by Crippen LogP contribution is -2.22. The zero-order valence-electron chi connectivity index (χ0n) is 10.5. The highest BCUT2D eigenvalue weighted by molar-refractivity contribution is 5.82. The maximum Gasteiger partial charge on any atom is 0.0749 e. The highest BCUT2D eigenvalue weighted by atomic mass is 16.5. The maximum atomic E-state index is 6.41. The van der Waals surface area contributed by atoms with E-state index in [4.69, 9.17) is 10.5 Å². The Labute approximate surface area is 107 Å². The van der Waals surface area contributed by atoms with E-state index in [2.05, 4.69) is 36.2 Å². The summed E-state index contributed by atoms with van der Waals surface area (Å²) in [5.41, 5.74) is 8.56. The molecule has 0 bridgehead atoms. The predicted octanol–water partition coefficient (Wildman–Crippen LogP) is 2.66. The molecule has 2 aromatic rings. The Balaban J connectivity index is 1.98. The summed E-state index contributed by atoms with van der Waals surface area (Å²) in [5.74, 6) is 0.396. The third-order valence-corrected chi connectivity index (χ3v) is 3.76. The molecule has 2 heterocycles. The first kappa shape index (κ1) is 11.6. The van der Waals surface area contributed by atoms with E-state index in [0.717, 1.165) is 29.5 Å². The summed E-state index contributed by atoms with van der Waals surface area (Å²) in [4.78, 5) is 4.47. The molecule has 94 valence electrons. The van der Waals surface area contributed by atoms with Gasteiger partial charge in [0.15, 0.2) is 0 Å². The summed E-state index contributed by atoms with van der Waals surface area (Å²) in [5, 5.41) is 1.15. The summed E-state index contributed by atoms with van der Waals surface area (Å²) in [6, 6.07) is 10.3. The van der Waals surface area contributed by atoms with Gasteiger partial charge in [0.05, 0.1) is 18.2 Å². The molecule has 3 unspecified atom stereocenters. The molecule has 3 nitrogen and oxygen atoms in total. The van der Waals surface area contributed by atoms with Gasteiger partial charge in [-0.25, -0.2) is 0 Å². The van der Waals surface area contributed by atoms with Crippen LogP contribution < -0.4 is 5.73 Å². The van der Waals surface area contributed by atoms with Crippen LogP contribution in [-0.4, -0.2) is 17.7 Å². The third kappa shape index (κ3) is 2.00. The van der Waals surface area contributed by atoms with Crippen LogP contribution in [0.3, 0.4) is 0 Å². The van der Waals surface area contributed by atoms with Crippen LogP contribution in [0.4, 0.5) is 0 Å². The molecule has 0 radical (unpaired) electrons. The summed E-state index contributed by atoms with van der Waals surface area (Å²) >= 11 is 0. The van der Waals surface area contributed by atoms with Crippen LogP contribution in [0.15, 0.2) is 36.5 Å². The quantitative estimate of drug-likeness (QED) is 0.880. The Morgan fingerprint density at radius 1 is 1.33 bits per heavy atom. The Morgan fingerprint density at radius 2 is 2.17 bits per heavy atom. The van der Waals surface area contributed by atoms with Crippen molar-refractivity contribution in [3.63, 3.8) is 0 Å². The van der Waals surface area contributed by atoms with E-state index in [9.17, 15) is 0 Å². The fraction of sp³-hybridized carbons (Fsp3) is 0.400. The van der Waals surface area contributed by atoms with Gasteiger partial charge in [-0.1, -0.05) is 24.3 Å². The summed E-state index contributed by atoms with van der Waals surface area (Å²) in [6.45, 7) is 2.86. The molecule has 1 aromatic heterocycles. The Hall–Kier alpha value is -1.45. The molecule has 0 aliphatic carbocycles. The Morgan fingerprint density at radius 3 is 2.94 bits per heavy atom. The smallest absolute Gasteiger partial charge is 0.0749 e. The lowest BCUT2D eigenvalue weighted by Gasteiger charge is -2.19. The number of benzene rings is 1. The van der Waals surface area contributed by atoms with Crippen molar-refractivity contribution in [3.8, 4) is 0 Å². The molecular formula is C15H18N2O. The fourth-order valence-electron chi connectivity index (χ4n) is 2.75.